The van der Waals surface area contributed by atoms with Crippen molar-refractivity contribution in [2.45, 2.75) is 39.4 Å². The van der Waals surface area contributed by atoms with Crippen LogP contribution >= 0.6 is 15.9 Å². The molecule has 3 nitrogen and oxygen atoms in total. The van der Waals surface area contributed by atoms with Crippen molar-refractivity contribution in [3.05, 3.63) is 64.6 Å². The van der Waals surface area contributed by atoms with Crippen molar-refractivity contribution in [2.75, 3.05) is 24.5 Å². The predicted molar refractivity (Wildman–Crippen MR) is 121 cm³/mol. The molecule has 0 radical (unpaired) electrons. The second-order valence-electron chi connectivity index (χ2n) is 8.70. The molecule has 31 heavy (non-hydrogen) atoms. The van der Waals surface area contributed by atoms with E-state index in [0.29, 0.717) is 31.8 Å². The number of carbonyl (C=O) groups is 1. The largest absolute Gasteiger partial charge is 0.402 e. The average molecular weight is 497 g/mol. The molecule has 0 aliphatic carbocycles. The topological polar surface area (TPSA) is 23.6 Å². The Bertz CT molecular complexity index is 861. The summed E-state index contributed by atoms with van der Waals surface area (Å²) >= 11 is 3.47. The molecule has 0 spiro atoms. The van der Waals surface area contributed by atoms with E-state index in [0.717, 1.165) is 37.1 Å². The number of anilines is 1. The summed E-state index contributed by atoms with van der Waals surface area (Å²) in [4.78, 5) is 16.2. The van der Waals surface area contributed by atoms with E-state index in [-0.39, 0.29) is 0 Å². The Morgan fingerprint density at radius 3 is 2.16 bits per heavy atom. The maximum atomic E-state index is 13.3. The standard InChI is InChI=1S/C24H28BrF3N2O/c1-23(2,24(26,27)28)22(31)29-14-12-19(13-15-29)17-30(16-18-6-4-3-5-7-18)21-10-8-20(25)9-11-21/h3-11,19H,12-17H2,1-2H3. The lowest BCUT2D eigenvalue weighted by Crippen LogP contribution is -2.51. The third-order valence-corrected chi connectivity index (χ3v) is 6.56. The van der Waals surface area contributed by atoms with Crippen molar-refractivity contribution in [1.82, 2.24) is 4.90 Å². The molecular formula is C24H28BrF3N2O. The van der Waals surface area contributed by atoms with Crippen LogP contribution in [0.4, 0.5) is 18.9 Å². The minimum absolute atomic E-state index is 0.311. The van der Waals surface area contributed by atoms with Gasteiger partial charge in [0.2, 0.25) is 5.91 Å². The van der Waals surface area contributed by atoms with Crippen molar-refractivity contribution in [3.63, 3.8) is 0 Å². The Labute approximate surface area is 190 Å². The van der Waals surface area contributed by atoms with Crippen LogP contribution in [0.1, 0.15) is 32.3 Å². The molecule has 0 unspecified atom stereocenters. The van der Waals surface area contributed by atoms with Gasteiger partial charge in [0.15, 0.2) is 0 Å². The minimum atomic E-state index is -4.55. The van der Waals surface area contributed by atoms with Gasteiger partial charge < -0.3 is 9.80 Å². The van der Waals surface area contributed by atoms with Crippen molar-refractivity contribution < 1.29 is 18.0 Å². The average Bonchev–Trinajstić information content (AvgIpc) is 2.74. The van der Waals surface area contributed by atoms with E-state index in [1.807, 2.05) is 30.3 Å². The second-order valence-corrected chi connectivity index (χ2v) is 9.62. The molecule has 1 aliphatic heterocycles. The highest BCUT2D eigenvalue weighted by molar-refractivity contribution is 9.10. The summed E-state index contributed by atoms with van der Waals surface area (Å²) in [5, 5.41) is 0. The van der Waals surface area contributed by atoms with Crippen molar-refractivity contribution in [3.8, 4) is 0 Å². The summed E-state index contributed by atoms with van der Waals surface area (Å²) in [5.74, 6) is -0.516. The highest BCUT2D eigenvalue weighted by Gasteiger charge is 2.54. The van der Waals surface area contributed by atoms with Crippen LogP contribution in [0.2, 0.25) is 0 Å². The third kappa shape index (κ3) is 5.82. The van der Waals surface area contributed by atoms with Gasteiger partial charge in [-0.1, -0.05) is 46.3 Å². The smallest absolute Gasteiger partial charge is 0.367 e. The Hall–Kier alpha value is -2.02. The molecule has 0 aromatic heterocycles. The second kappa shape index (κ2) is 9.63. The maximum absolute atomic E-state index is 13.3. The lowest BCUT2D eigenvalue weighted by atomic mass is 9.88. The molecule has 1 amide bonds. The van der Waals surface area contributed by atoms with E-state index in [2.05, 4.69) is 45.1 Å². The number of carbonyl (C=O) groups excluding carboxylic acids is 1. The first-order valence-corrected chi connectivity index (χ1v) is 11.3. The normalized spacial score (nSPS) is 15.7. The number of nitrogens with zero attached hydrogens (tertiary/aromatic N) is 2. The van der Waals surface area contributed by atoms with Crippen LogP contribution in [0.25, 0.3) is 0 Å². The molecule has 7 heteroatoms. The van der Waals surface area contributed by atoms with E-state index in [9.17, 15) is 18.0 Å². The first-order chi connectivity index (χ1) is 14.6. The van der Waals surface area contributed by atoms with Gasteiger partial charge in [-0.3, -0.25) is 4.79 Å². The Kier molecular flexibility index (Phi) is 7.35. The molecule has 0 bridgehead atoms. The zero-order chi connectivity index (χ0) is 22.6. The van der Waals surface area contributed by atoms with Gasteiger partial charge in [-0.2, -0.15) is 13.2 Å². The summed E-state index contributed by atoms with van der Waals surface area (Å²) in [6.07, 6.45) is -3.15. The number of rotatable bonds is 6. The number of halogens is 4. The molecule has 2 aromatic rings. The molecule has 0 saturated carbocycles. The maximum Gasteiger partial charge on any atom is 0.402 e. The SMILES string of the molecule is CC(C)(C(=O)N1CCC(CN(Cc2ccccc2)c2ccc(Br)cc2)CC1)C(F)(F)F. The zero-order valence-corrected chi connectivity index (χ0v) is 19.4. The molecule has 1 heterocycles. The number of piperidine rings is 1. The molecule has 1 aliphatic rings. The quantitative estimate of drug-likeness (QED) is 0.469. The van der Waals surface area contributed by atoms with Crippen LogP contribution < -0.4 is 4.90 Å². The van der Waals surface area contributed by atoms with E-state index in [4.69, 9.17) is 0 Å². The number of hydrogen-bond donors (Lipinski definition) is 0. The van der Waals surface area contributed by atoms with Crippen LogP contribution in [0.3, 0.4) is 0 Å². The predicted octanol–water partition coefficient (Wildman–Crippen LogP) is 6.28. The summed E-state index contributed by atoms with van der Waals surface area (Å²) in [6.45, 7) is 4.21. The van der Waals surface area contributed by atoms with Crippen LogP contribution in [0.5, 0.6) is 0 Å². The van der Waals surface area contributed by atoms with E-state index < -0.39 is 17.5 Å². The van der Waals surface area contributed by atoms with Gasteiger partial charge in [-0.05, 0) is 62.4 Å². The highest BCUT2D eigenvalue weighted by atomic mass is 79.9. The summed E-state index contributed by atoms with van der Waals surface area (Å²) < 4.78 is 40.8. The fraction of sp³-hybridized carbons (Fsp3) is 0.458. The lowest BCUT2D eigenvalue weighted by molar-refractivity contribution is -0.217. The first-order valence-electron chi connectivity index (χ1n) is 10.5. The summed E-state index contributed by atoms with van der Waals surface area (Å²) in [7, 11) is 0. The molecule has 3 rings (SSSR count). The van der Waals surface area contributed by atoms with Crippen LogP contribution in [-0.2, 0) is 11.3 Å². The fourth-order valence-corrected chi connectivity index (χ4v) is 4.13. The van der Waals surface area contributed by atoms with E-state index >= 15 is 0 Å². The molecule has 1 saturated heterocycles. The molecule has 2 aromatic carbocycles. The Morgan fingerprint density at radius 2 is 1.61 bits per heavy atom. The number of amides is 1. The zero-order valence-electron chi connectivity index (χ0n) is 17.8. The summed E-state index contributed by atoms with van der Waals surface area (Å²) in [6, 6.07) is 18.3. The van der Waals surface area contributed by atoms with Crippen molar-refractivity contribution in [1.29, 1.82) is 0 Å². The molecule has 0 N–H and O–H groups in total. The molecule has 168 valence electrons. The van der Waals surface area contributed by atoms with Gasteiger partial charge in [0.1, 0.15) is 5.41 Å². The number of likely N-dealkylation sites (tertiary alicyclic amines) is 1. The van der Waals surface area contributed by atoms with Crippen LogP contribution in [-0.4, -0.2) is 36.6 Å². The van der Waals surface area contributed by atoms with Gasteiger partial charge in [-0.25, -0.2) is 0 Å². The van der Waals surface area contributed by atoms with Gasteiger partial charge in [0, 0.05) is 36.3 Å². The van der Waals surface area contributed by atoms with Gasteiger partial charge >= 0.3 is 6.18 Å². The van der Waals surface area contributed by atoms with Gasteiger partial charge in [0.25, 0.3) is 0 Å². The van der Waals surface area contributed by atoms with Crippen molar-refractivity contribution in [2.24, 2.45) is 11.3 Å². The third-order valence-electron chi connectivity index (χ3n) is 6.03. The molecule has 0 atom stereocenters. The lowest BCUT2D eigenvalue weighted by Gasteiger charge is -2.39. The highest BCUT2D eigenvalue weighted by Crippen LogP contribution is 2.39. The Morgan fingerprint density at radius 1 is 1.03 bits per heavy atom. The van der Waals surface area contributed by atoms with Crippen molar-refractivity contribution >= 4 is 27.5 Å². The monoisotopic (exact) mass is 496 g/mol. The number of alkyl halides is 3. The fourth-order valence-electron chi connectivity index (χ4n) is 3.86. The number of benzene rings is 2. The van der Waals surface area contributed by atoms with Gasteiger partial charge in [-0.15, -0.1) is 0 Å². The molecule has 1 fully saturated rings. The van der Waals surface area contributed by atoms with E-state index in [1.54, 1.807) is 0 Å². The van der Waals surface area contributed by atoms with Crippen LogP contribution in [0.15, 0.2) is 59.1 Å². The minimum Gasteiger partial charge on any atom is -0.367 e. The molecular weight excluding hydrogens is 469 g/mol. The van der Waals surface area contributed by atoms with Crippen LogP contribution in [0, 0.1) is 11.3 Å². The summed E-state index contributed by atoms with van der Waals surface area (Å²) in [5.41, 5.74) is -0.0508. The van der Waals surface area contributed by atoms with E-state index in [1.165, 1.54) is 10.5 Å². The first kappa shape index (κ1) is 23.6. The van der Waals surface area contributed by atoms with Gasteiger partial charge in [0.05, 0.1) is 0 Å². The number of hydrogen-bond acceptors (Lipinski definition) is 2. The Balaban J connectivity index is 1.66.